The van der Waals surface area contributed by atoms with Crippen molar-refractivity contribution in [2.75, 3.05) is 6.54 Å². The average Bonchev–Trinajstić information content (AvgIpc) is 2.97. The van der Waals surface area contributed by atoms with Crippen molar-refractivity contribution >= 4 is 5.97 Å². The Morgan fingerprint density at radius 2 is 1.92 bits per heavy atom. The Kier molecular flexibility index (Phi) is 4.84. The highest BCUT2D eigenvalue weighted by Gasteiger charge is 2.53. The molecule has 1 aromatic rings. The zero-order valence-corrected chi connectivity index (χ0v) is 14.3. The molecule has 25 heavy (non-hydrogen) atoms. The van der Waals surface area contributed by atoms with Crippen molar-refractivity contribution in [3.63, 3.8) is 0 Å². The van der Waals surface area contributed by atoms with Gasteiger partial charge in [-0.1, -0.05) is 25.5 Å². The molecule has 4 atom stereocenters. The number of hydrogen-bond acceptors (Lipinski definition) is 2. The molecule has 0 amide bonds. The van der Waals surface area contributed by atoms with Crippen molar-refractivity contribution < 1.29 is 23.1 Å². The van der Waals surface area contributed by atoms with Crippen LogP contribution >= 0.6 is 0 Å². The molecule has 0 aromatic heterocycles. The summed E-state index contributed by atoms with van der Waals surface area (Å²) in [5.41, 5.74) is -0.550. The van der Waals surface area contributed by atoms with E-state index in [9.17, 15) is 23.1 Å². The molecule has 1 saturated heterocycles. The normalized spacial score (nSPS) is 33.4. The van der Waals surface area contributed by atoms with Gasteiger partial charge in [0.25, 0.3) is 0 Å². The second-order valence-electron chi connectivity index (χ2n) is 7.49. The summed E-state index contributed by atoms with van der Waals surface area (Å²) in [5, 5.41) is 13.3. The van der Waals surface area contributed by atoms with Gasteiger partial charge in [0.15, 0.2) is 0 Å². The fraction of sp³-hybridized carbons (Fsp3) is 0.632. The van der Waals surface area contributed by atoms with Gasteiger partial charge in [0.1, 0.15) is 0 Å². The van der Waals surface area contributed by atoms with Crippen LogP contribution in [-0.2, 0) is 11.0 Å². The zero-order chi connectivity index (χ0) is 18.2. The number of benzene rings is 1. The lowest BCUT2D eigenvalue weighted by Crippen LogP contribution is -2.46. The minimum Gasteiger partial charge on any atom is -0.481 e. The summed E-state index contributed by atoms with van der Waals surface area (Å²) >= 11 is 0. The summed E-state index contributed by atoms with van der Waals surface area (Å²) in [6, 6.07) is 5.13. The summed E-state index contributed by atoms with van der Waals surface area (Å²) in [7, 11) is 0. The first-order valence-corrected chi connectivity index (χ1v) is 8.89. The van der Waals surface area contributed by atoms with Crippen molar-refractivity contribution in [3.8, 4) is 0 Å². The Hall–Kier alpha value is -1.56. The third kappa shape index (κ3) is 3.28. The van der Waals surface area contributed by atoms with Crippen LogP contribution in [0.5, 0.6) is 0 Å². The van der Waals surface area contributed by atoms with Crippen LogP contribution < -0.4 is 5.32 Å². The fourth-order valence-corrected chi connectivity index (χ4v) is 4.85. The number of alkyl halides is 3. The number of hydrogen-bond donors (Lipinski definition) is 2. The lowest BCUT2D eigenvalue weighted by atomic mass is 9.64. The smallest absolute Gasteiger partial charge is 0.416 e. The van der Waals surface area contributed by atoms with Crippen LogP contribution in [0.2, 0.25) is 0 Å². The first kappa shape index (κ1) is 18.2. The molecular weight excluding hydrogens is 331 g/mol. The van der Waals surface area contributed by atoms with Crippen molar-refractivity contribution in [1.29, 1.82) is 0 Å². The predicted octanol–water partition coefficient (Wildman–Crippen LogP) is 4.64. The zero-order valence-electron chi connectivity index (χ0n) is 14.3. The molecule has 3 nitrogen and oxygen atoms in total. The van der Waals surface area contributed by atoms with E-state index in [0.717, 1.165) is 37.0 Å². The van der Waals surface area contributed by atoms with Crippen molar-refractivity contribution in [1.82, 2.24) is 5.32 Å². The van der Waals surface area contributed by atoms with Gasteiger partial charge in [-0.15, -0.1) is 0 Å². The van der Waals surface area contributed by atoms with E-state index in [1.807, 2.05) is 6.92 Å². The van der Waals surface area contributed by atoms with E-state index >= 15 is 0 Å². The number of piperidine rings is 1. The van der Waals surface area contributed by atoms with Gasteiger partial charge in [0.05, 0.1) is 11.0 Å². The van der Waals surface area contributed by atoms with Gasteiger partial charge in [0, 0.05) is 6.04 Å². The highest BCUT2D eigenvalue weighted by atomic mass is 19.4. The summed E-state index contributed by atoms with van der Waals surface area (Å²) in [6.07, 6.45) is -0.319. The molecule has 2 N–H and O–H groups in total. The van der Waals surface area contributed by atoms with E-state index in [-0.39, 0.29) is 17.9 Å². The van der Waals surface area contributed by atoms with Crippen molar-refractivity contribution in [3.05, 3.63) is 35.4 Å². The first-order valence-electron chi connectivity index (χ1n) is 8.89. The second-order valence-corrected chi connectivity index (χ2v) is 7.49. The van der Waals surface area contributed by atoms with E-state index in [0.29, 0.717) is 19.4 Å². The number of carboxylic acid groups (broad SMARTS) is 1. The molecule has 1 heterocycles. The van der Waals surface area contributed by atoms with Crippen LogP contribution in [0.3, 0.4) is 0 Å². The maximum Gasteiger partial charge on any atom is 0.416 e. The van der Waals surface area contributed by atoms with Gasteiger partial charge in [-0.2, -0.15) is 13.2 Å². The average molecular weight is 355 g/mol. The van der Waals surface area contributed by atoms with Crippen LogP contribution in [-0.4, -0.2) is 17.6 Å². The maximum absolute atomic E-state index is 12.7. The van der Waals surface area contributed by atoms with Crippen molar-refractivity contribution in [2.45, 2.75) is 51.2 Å². The van der Waals surface area contributed by atoms with Gasteiger partial charge < -0.3 is 10.4 Å². The second kappa shape index (κ2) is 6.63. The Morgan fingerprint density at radius 3 is 2.44 bits per heavy atom. The molecule has 2 unspecified atom stereocenters. The van der Waals surface area contributed by atoms with Gasteiger partial charge in [0.2, 0.25) is 0 Å². The fourth-order valence-electron chi connectivity index (χ4n) is 4.85. The molecule has 2 aliphatic rings. The van der Waals surface area contributed by atoms with Crippen LogP contribution in [0.4, 0.5) is 13.2 Å². The molecule has 1 aliphatic carbocycles. The Balaban J connectivity index is 1.80. The minimum atomic E-state index is -4.34. The summed E-state index contributed by atoms with van der Waals surface area (Å²) in [4.78, 5) is 12.1. The number of carboxylic acids is 1. The largest absolute Gasteiger partial charge is 0.481 e. The number of carbonyl (C=O) groups is 1. The molecule has 1 saturated carbocycles. The number of halogens is 3. The number of aliphatic carboxylic acids is 1. The molecule has 0 radical (unpaired) electrons. The molecule has 0 spiro atoms. The predicted molar refractivity (Wildman–Crippen MR) is 88.0 cm³/mol. The topological polar surface area (TPSA) is 49.3 Å². The monoisotopic (exact) mass is 355 g/mol. The standard InChI is InChI=1S/C19H24F3NO2/c1-12-3-2-9-18(12,17(24)25)15-8-10-23-16(11-15)13-4-6-14(7-5-13)19(20,21)22/h4-7,12,15-16,23H,2-3,8-11H2,1H3,(H,24,25)/t12?,15-,16+,18?/m0/s1. The molecule has 0 bridgehead atoms. The molecule has 3 rings (SSSR count). The van der Waals surface area contributed by atoms with Gasteiger partial charge in [-0.05, 0) is 61.8 Å². The van der Waals surface area contributed by atoms with Crippen LogP contribution in [0.25, 0.3) is 0 Å². The third-order valence-corrected chi connectivity index (χ3v) is 6.28. The summed E-state index contributed by atoms with van der Waals surface area (Å²) in [6.45, 7) is 2.72. The lowest BCUT2D eigenvalue weighted by Gasteiger charge is -2.42. The maximum atomic E-state index is 12.7. The summed E-state index contributed by atoms with van der Waals surface area (Å²) in [5.74, 6) is -0.520. The number of nitrogens with one attached hydrogen (secondary N) is 1. The van der Waals surface area contributed by atoms with E-state index < -0.39 is 23.1 Å². The highest BCUT2D eigenvalue weighted by molar-refractivity contribution is 5.76. The first-order chi connectivity index (χ1) is 11.7. The van der Waals surface area contributed by atoms with Crippen molar-refractivity contribution in [2.24, 2.45) is 17.3 Å². The number of rotatable bonds is 3. The highest BCUT2D eigenvalue weighted by Crippen LogP contribution is 2.53. The molecule has 2 fully saturated rings. The molecule has 6 heteroatoms. The van der Waals surface area contributed by atoms with Gasteiger partial charge in [-0.25, -0.2) is 0 Å². The molecule has 1 aliphatic heterocycles. The van der Waals surface area contributed by atoms with Crippen LogP contribution in [0.1, 0.15) is 56.2 Å². The van der Waals surface area contributed by atoms with Gasteiger partial charge in [-0.3, -0.25) is 4.79 Å². The van der Waals surface area contributed by atoms with Crippen LogP contribution in [0.15, 0.2) is 24.3 Å². The van der Waals surface area contributed by atoms with E-state index in [1.54, 1.807) is 0 Å². The molecule has 1 aromatic carbocycles. The molecule has 138 valence electrons. The summed E-state index contributed by atoms with van der Waals surface area (Å²) < 4.78 is 38.2. The van der Waals surface area contributed by atoms with E-state index in [2.05, 4.69) is 5.32 Å². The van der Waals surface area contributed by atoms with Crippen LogP contribution in [0, 0.1) is 17.3 Å². The third-order valence-electron chi connectivity index (χ3n) is 6.28. The SMILES string of the molecule is CC1CCCC1(C(=O)O)[C@H]1CCN[C@@H](c2ccc(C(F)(F)F)cc2)C1. The van der Waals surface area contributed by atoms with E-state index in [4.69, 9.17) is 0 Å². The lowest BCUT2D eigenvalue weighted by molar-refractivity contribution is -0.156. The Morgan fingerprint density at radius 1 is 1.24 bits per heavy atom. The Bertz CT molecular complexity index is 629. The molecular formula is C19H24F3NO2. The Labute approximate surface area is 145 Å². The van der Waals surface area contributed by atoms with Gasteiger partial charge >= 0.3 is 12.1 Å². The quantitative estimate of drug-likeness (QED) is 0.831. The minimum absolute atomic E-state index is 0.0519. The van der Waals surface area contributed by atoms with E-state index in [1.165, 1.54) is 12.1 Å².